The number of hydrogen-bond acceptors (Lipinski definition) is 3. The van der Waals surface area contributed by atoms with Gasteiger partial charge in [-0.25, -0.2) is 4.39 Å². The van der Waals surface area contributed by atoms with Gasteiger partial charge in [0, 0.05) is 25.7 Å². The molecule has 28 heavy (non-hydrogen) atoms. The van der Waals surface area contributed by atoms with Gasteiger partial charge in [-0.1, -0.05) is 18.2 Å². The number of nitrogens with one attached hydrogen (secondary N) is 3. The van der Waals surface area contributed by atoms with Crippen LogP contribution in [0.1, 0.15) is 31.0 Å². The van der Waals surface area contributed by atoms with E-state index in [0.29, 0.717) is 36.1 Å². The second-order valence-electron chi connectivity index (χ2n) is 6.43. The van der Waals surface area contributed by atoms with Crippen LogP contribution >= 0.6 is 0 Å². The van der Waals surface area contributed by atoms with Gasteiger partial charge in [0.25, 0.3) is 0 Å². The van der Waals surface area contributed by atoms with Gasteiger partial charge in [0.1, 0.15) is 18.2 Å². The first-order valence-corrected chi connectivity index (χ1v) is 9.12. The average Bonchev–Trinajstić information content (AvgIpc) is 2.66. The molecule has 1 atom stereocenters. The molecule has 0 aliphatic carbocycles. The van der Waals surface area contributed by atoms with E-state index in [0.717, 1.165) is 5.56 Å². The van der Waals surface area contributed by atoms with E-state index in [9.17, 15) is 9.18 Å². The maximum Gasteiger partial charge on any atom is 0.221 e. The van der Waals surface area contributed by atoms with Gasteiger partial charge >= 0.3 is 0 Å². The third kappa shape index (κ3) is 6.57. The van der Waals surface area contributed by atoms with E-state index >= 15 is 0 Å². The van der Waals surface area contributed by atoms with Crippen molar-refractivity contribution >= 4 is 17.6 Å². The van der Waals surface area contributed by atoms with Crippen LogP contribution in [0.25, 0.3) is 0 Å². The molecule has 0 fully saturated rings. The Balaban J connectivity index is 1.81. The molecule has 0 bridgehead atoms. The second kappa shape index (κ2) is 10.3. The predicted molar refractivity (Wildman–Crippen MR) is 110 cm³/mol. The minimum absolute atomic E-state index is 0.100. The minimum atomic E-state index is -0.219. The number of benzene rings is 2. The fourth-order valence-electron chi connectivity index (χ4n) is 2.57. The first-order valence-electron chi connectivity index (χ1n) is 9.12. The fourth-order valence-corrected chi connectivity index (χ4v) is 2.57. The Hall–Kier alpha value is -3.09. The minimum Gasteiger partial charge on any atom is -0.492 e. The molecule has 2 rings (SSSR count). The van der Waals surface area contributed by atoms with E-state index in [4.69, 9.17) is 4.74 Å². The van der Waals surface area contributed by atoms with Crippen molar-refractivity contribution in [3.05, 3.63) is 59.4 Å². The summed E-state index contributed by atoms with van der Waals surface area (Å²) in [5, 5.41) is 9.11. The van der Waals surface area contributed by atoms with Crippen molar-refractivity contribution in [2.75, 3.05) is 25.5 Å². The number of aryl methyl sites for hydroxylation is 1. The third-order valence-corrected chi connectivity index (χ3v) is 4.09. The Morgan fingerprint density at radius 1 is 1.25 bits per heavy atom. The normalized spacial score (nSPS) is 12.2. The lowest BCUT2D eigenvalue weighted by Crippen LogP contribution is -2.40. The van der Waals surface area contributed by atoms with E-state index in [1.54, 1.807) is 32.2 Å². The van der Waals surface area contributed by atoms with Gasteiger partial charge < -0.3 is 20.7 Å². The van der Waals surface area contributed by atoms with Crippen LogP contribution in [-0.2, 0) is 4.79 Å². The molecule has 2 aromatic rings. The fraction of sp³-hybridized carbons (Fsp3) is 0.333. The maximum atomic E-state index is 13.8. The van der Waals surface area contributed by atoms with Crippen molar-refractivity contribution in [2.24, 2.45) is 4.99 Å². The lowest BCUT2D eigenvalue weighted by Gasteiger charge is -2.19. The molecule has 0 radical (unpaired) electrons. The van der Waals surface area contributed by atoms with Crippen LogP contribution in [0, 0.1) is 12.7 Å². The summed E-state index contributed by atoms with van der Waals surface area (Å²) in [4.78, 5) is 15.3. The van der Waals surface area contributed by atoms with E-state index in [-0.39, 0.29) is 17.8 Å². The van der Waals surface area contributed by atoms with Crippen molar-refractivity contribution in [3.63, 3.8) is 0 Å². The first kappa shape index (κ1) is 21.2. The molecule has 0 aliphatic heterocycles. The third-order valence-electron chi connectivity index (χ3n) is 4.09. The molecule has 2 aromatic carbocycles. The molecular weight excluding hydrogens is 359 g/mol. The summed E-state index contributed by atoms with van der Waals surface area (Å²) in [6.07, 6.45) is 0. The molecule has 7 heteroatoms. The highest BCUT2D eigenvalue weighted by Crippen LogP contribution is 2.17. The number of carbonyl (C=O) groups is 1. The number of guanidine groups is 1. The number of aliphatic imine (C=N–C) groups is 1. The molecular formula is C21H27FN4O2. The van der Waals surface area contributed by atoms with Gasteiger partial charge in [0.05, 0.1) is 12.6 Å². The smallest absolute Gasteiger partial charge is 0.221 e. The molecule has 0 aromatic heterocycles. The summed E-state index contributed by atoms with van der Waals surface area (Å²) >= 11 is 0. The number of hydrogen-bond donors (Lipinski definition) is 3. The van der Waals surface area contributed by atoms with Crippen molar-refractivity contribution in [3.8, 4) is 5.75 Å². The van der Waals surface area contributed by atoms with Crippen LogP contribution < -0.4 is 20.7 Å². The largest absolute Gasteiger partial charge is 0.492 e. The van der Waals surface area contributed by atoms with Crippen LogP contribution in [-0.4, -0.2) is 32.1 Å². The zero-order valence-corrected chi connectivity index (χ0v) is 16.7. The SMILES string of the molecule is CN=C(NCCOc1cccc(NC(C)=O)c1)NC(C)c1ccc(C)c(F)c1. The average molecular weight is 386 g/mol. The van der Waals surface area contributed by atoms with Gasteiger partial charge in [0.2, 0.25) is 5.91 Å². The molecule has 3 N–H and O–H groups in total. The summed E-state index contributed by atoms with van der Waals surface area (Å²) in [6.45, 7) is 6.09. The highest BCUT2D eigenvalue weighted by Gasteiger charge is 2.09. The number of ether oxygens (including phenoxy) is 1. The van der Waals surface area contributed by atoms with Crippen molar-refractivity contribution in [2.45, 2.75) is 26.8 Å². The van der Waals surface area contributed by atoms with Gasteiger partial charge in [-0.3, -0.25) is 9.79 Å². The molecule has 6 nitrogen and oxygen atoms in total. The summed E-state index contributed by atoms with van der Waals surface area (Å²) in [5.74, 6) is 0.920. The molecule has 1 amide bonds. The molecule has 0 saturated carbocycles. The lowest BCUT2D eigenvalue weighted by atomic mass is 10.1. The van der Waals surface area contributed by atoms with E-state index in [1.165, 1.54) is 13.0 Å². The highest BCUT2D eigenvalue weighted by atomic mass is 19.1. The first-order chi connectivity index (χ1) is 13.4. The van der Waals surface area contributed by atoms with Crippen LogP contribution in [0.2, 0.25) is 0 Å². The number of carbonyl (C=O) groups excluding carboxylic acids is 1. The molecule has 0 heterocycles. The molecule has 0 aliphatic rings. The Morgan fingerprint density at radius 3 is 2.71 bits per heavy atom. The Labute approximate surface area is 165 Å². The topological polar surface area (TPSA) is 74.8 Å². The summed E-state index contributed by atoms with van der Waals surface area (Å²) in [5.41, 5.74) is 2.16. The summed E-state index contributed by atoms with van der Waals surface area (Å²) < 4.78 is 19.4. The Morgan fingerprint density at radius 2 is 2.04 bits per heavy atom. The van der Waals surface area contributed by atoms with Gasteiger partial charge in [-0.2, -0.15) is 0 Å². The second-order valence-corrected chi connectivity index (χ2v) is 6.43. The highest BCUT2D eigenvalue weighted by molar-refractivity contribution is 5.88. The van der Waals surface area contributed by atoms with E-state index in [1.807, 2.05) is 25.1 Å². The van der Waals surface area contributed by atoms with Crippen LogP contribution in [0.4, 0.5) is 10.1 Å². The zero-order valence-electron chi connectivity index (χ0n) is 16.7. The van der Waals surface area contributed by atoms with Crippen LogP contribution in [0.15, 0.2) is 47.5 Å². The number of halogens is 1. The molecule has 150 valence electrons. The monoisotopic (exact) mass is 386 g/mol. The summed E-state index contributed by atoms with van der Waals surface area (Å²) in [6, 6.07) is 12.3. The maximum absolute atomic E-state index is 13.8. The standard InChI is InChI=1S/C21H27FN4O2/c1-14-8-9-17(12-20(14)22)15(2)25-21(23-4)24-10-11-28-19-7-5-6-18(13-19)26-16(3)27/h5-9,12-13,15H,10-11H2,1-4H3,(H,26,27)(H2,23,24,25). The number of amides is 1. The molecule has 1 unspecified atom stereocenters. The van der Waals surface area contributed by atoms with Gasteiger partial charge in [0.15, 0.2) is 5.96 Å². The van der Waals surface area contributed by atoms with E-state index < -0.39 is 0 Å². The predicted octanol–water partition coefficient (Wildman–Crippen LogP) is 3.40. The zero-order chi connectivity index (χ0) is 20.5. The van der Waals surface area contributed by atoms with Crippen molar-refractivity contribution in [1.82, 2.24) is 10.6 Å². The lowest BCUT2D eigenvalue weighted by molar-refractivity contribution is -0.114. The van der Waals surface area contributed by atoms with Crippen LogP contribution in [0.3, 0.4) is 0 Å². The van der Waals surface area contributed by atoms with Gasteiger partial charge in [-0.05, 0) is 43.2 Å². The number of nitrogens with zero attached hydrogens (tertiary/aromatic N) is 1. The quantitative estimate of drug-likeness (QED) is 0.387. The Bertz CT molecular complexity index is 839. The number of anilines is 1. The van der Waals surface area contributed by atoms with E-state index in [2.05, 4.69) is 20.9 Å². The van der Waals surface area contributed by atoms with Crippen molar-refractivity contribution < 1.29 is 13.9 Å². The molecule has 0 saturated heterocycles. The van der Waals surface area contributed by atoms with Crippen molar-refractivity contribution in [1.29, 1.82) is 0 Å². The molecule has 0 spiro atoms. The van der Waals surface area contributed by atoms with Gasteiger partial charge in [-0.15, -0.1) is 0 Å². The summed E-state index contributed by atoms with van der Waals surface area (Å²) in [7, 11) is 1.68. The number of rotatable bonds is 7. The Kier molecular flexibility index (Phi) is 7.80. The van der Waals surface area contributed by atoms with Crippen LogP contribution in [0.5, 0.6) is 5.75 Å².